The summed E-state index contributed by atoms with van der Waals surface area (Å²) in [4.78, 5) is 11.7. The van der Waals surface area contributed by atoms with Crippen LogP contribution >= 0.6 is 0 Å². The third-order valence-corrected chi connectivity index (χ3v) is 1.85. The summed E-state index contributed by atoms with van der Waals surface area (Å²) in [5.41, 5.74) is 0.213. The summed E-state index contributed by atoms with van der Waals surface area (Å²) in [6.45, 7) is 5.30. The first-order valence-corrected chi connectivity index (χ1v) is 5.32. The number of hydrogen-bond acceptors (Lipinski definition) is 3. The Morgan fingerprint density at radius 3 is 2.35 bits per heavy atom. The Balaban J connectivity index is 2.90. The molecule has 0 aliphatic carbocycles. The summed E-state index contributed by atoms with van der Waals surface area (Å²) in [7, 11) is 0. The standard InChI is InChI=1S/C14H15NO2/c1-14(2,3)17-13(16)12(10-15)9-11-7-5-4-6-8-11/h4-9H,1-3H3/b12-9+. The predicted octanol–water partition coefficient (Wildman–Crippen LogP) is 2.94. The number of rotatable bonds is 2. The highest BCUT2D eigenvalue weighted by atomic mass is 16.6. The lowest BCUT2D eigenvalue weighted by molar-refractivity contribution is -0.149. The third-order valence-electron chi connectivity index (χ3n) is 1.85. The Labute approximate surface area is 101 Å². The highest BCUT2D eigenvalue weighted by Crippen LogP contribution is 2.13. The molecule has 0 aliphatic rings. The molecule has 3 nitrogen and oxygen atoms in total. The van der Waals surface area contributed by atoms with E-state index in [4.69, 9.17) is 10.00 Å². The van der Waals surface area contributed by atoms with Gasteiger partial charge in [0.05, 0.1) is 0 Å². The average molecular weight is 229 g/mol. The minimum atomic E-state index is -0.594. The predicted molar refractivity (Wildman–Crippen MR) is 65.9 cm³/mol. The van der Waals surface area contributed by atoms with Gasteiger partial charge in [0, 0.05) is 0 Å². The fourth-order valence-electron chi connectivity index (χ4n) is 1.19. The van der Waals surface area contributed by atoms with Crippen LogP contribution in [0.3, 0.4) is 0 Å². The van der Waals surface area contributed by atoms with Crippen molar-refractivity contribution in [3.63, 3.8) is 0 Å². The van der Waals surface area contributed by atoms with Crippen molar-refractivity contribution >= 4 is 12.0 Å². The maximum Gasteiger partial charge on any atom is 0.349 e. The molecular weight excluding hydrogens is 214 g/mol. The zero-order valence-corrected chi connectivity index (χ0v) is 10.2. The quantitative estimate of drug-likeness (QED) is 0.445. The van der Waals surface area contributed by atoms with Crippen LogP contribution in [0, 0.1) is 11.3 Å². The first kappa shape index (κ1) is 13.0. The van der Waals surface area contributed by atoms with Gasteiger partial charge in [-0.15, -0.1) is 0 Å². The molecule has 0 spiro atoms. The van der Waals surface area contributed by atoms with Crippen LogP contribution in [0.4, 0.5) is 0 Å². The number of benzene rings is 1. The molecule has 3 heteroatoms. The maximum atomic E-state index is 11.7. The lowest BCUT2D eigenvalue weighted by atomic mass is 10.1. The number of nitriles is 1. The van der Waals surface area contributed by atoms with Gasteiger partial charge in [-0.25, -0.2) is 4.79 Å². The number of esters is 1. The lowest BCUT2D eigenvalue weighted by Gasteiger charge is -2.18. The molecule has 0 heterocycles. The molecule has 0 N–H and O–H groups in total. The molecule has 88 valence electrons. The van der Waals surface area contributed by atoms with Crippen molar-refractivity contribution in [3.8, 4) is 6.07 Å². The molecule has 0 fully saturated rings. The van der Waals surface area contributed by atoms with Gasteiger partial charge in [-0.3, -0.25) is 0 Å². The van der Waals surface area contributed by atoms with Gasteiger partial charge in [-0.05, 0) is 32.4 Å². The Morgan fingerprint density at radius 1 is 1.29 bits per heavy atom. The molecule has 1 aromatic carbocycles. The van der Waals surface area contributed by atoms with E-state index in [2.05, 4.69) is 0 Å². The van der Waals surface area contributed by atoms with Gasteiger partial charge in [0.15, 0.2) is 0 Å². The molecule has 0 atom stereocenters. The molecule has 0 bridgehead atoms. The zero-order chi connectivity index (χ0) is 12.9. The summed E-state index contributed by atoms with van der Waals surface area (Å²) in [5, 5.41) is 8.94. The molecule has 0 unspecified atom stereocenters. The first-order chi connectivity index (χ1) is 7.92. The molecule has 0 aromatic heterocycles. The van der Waals surface area contributed by atoms with Crippen LogP contribution in [0.1, 0.15) is 26.3 Å². The monoisotopic (exact) mass is 229 g/mol. The third kappa shape index (κ3) is 4.52. The van der Waals surface area contributed by atoms with Crippen LogP contribution < -0.4 is 0 Å². The molecule has 17 heavy (non-hydrogen) atoms. The van der Waals surface area contributed by atoms with Gasteiger partial charge < -0.3 is 4.74 Å². The van der Waals surface area contributed by atoms with Gasteiger partial charge in [0.25, 0.3) is 0 Å². The van der Waals surface area contributed by atoms with Gasteiger partial charge in [-0.2, -0.15) is 5.26 Å². The second kappa shape index (κ2) is 5.31. The Hall–Kier alpha value is -2.08. The normalized spacial score (nSPS) is 11.8. The summed E-state index contributed by atoms with van der Waals surface area (Å²) < 4.78 is 5.13. The number of ether oxygens (including phenoxy) is 1. The Kier molecular flexibility index (Phi) is 4.06. The summed E-state index contributed by atoms with van der Waals surface area (Å²) >= 11 is 0. The molecular formula is C14H15NO2. The van der Waals surface area contributed by atoms with E-state index in [1.165, 1.54) is 6.08 Å². The molecule has 1 rings (SSSR count). The summed E-state index contributed by atoms with van der Waals surface area (Å²) in [6.07, 6.45) is 1.52. The van der Waals surface area contributed by atoms with Crippen molar-refractivity contribution in [1.82, 2.24) is 0 Å². The van der Waals surface area contributed by atoms with E-state index >= 15 is 0 Å². The zero-order valence-electron chi connectivity index (χ0n) is 10.2. The van der Waals surface area contributed by atoms with Crippen molar-refractivity contribution < 1.29 is 9.53 Å². The van der Waals surface area contributed by atoms with Crippen molar-refractivity contribution in [2.75, 3.05) is 0 Å². The molecule has 0 saturated carbocycles. The second-order valence-electron chi connectivity index (χ2n) is 4.58. The summed E-state index contributed by atoms with van der Waals surface area (Å²) in [6, 6.07) is 11.1. The largest absolute Gasteiger partial charge is 0.456 e. The minimum absolute atomic E-state index is 0.00567. The molecule has 0 radical (unpaired) electrons. The van der Waals surface area contributed by atoms with E-state index in [0.29, 0.717) is 0 Å². The van der Waals surface area contributed by atoms with Crippen molar-refractivity contribution in [3.05, 3.63) is 41.5 Å². The number of carbonyl (C=O) groups excluding carboxylic acids is 1. The molecule has 0 amide bonds. The SMILES string of the molecule is CC(C)(C)OC(=O)/C(C#N)=C/c1ccccc1. The van der Waals surface area contributed by atoms with Crippen LogP contribution in [0.5, 0.6) is 0 Å². The maximum absolute atomic E-state index is 11.7. The highest BCUT2D eigenvalue weighted by Gasteiger charge is 2.19. The van der Waals surface area contributed by atoms with Crippen LogP contribution in [0.25, 0.3) is 6.08 Å². The topological polar surface area (TPSA) is 50.1 Å². The van der Waals surface area contributed by atoms with Crippen LogP contribution in [-0.4, -0.2) is 11.6 Å². The van der Waals surface area contributed by atoms with Crippen LogP contribution in [0.2, 0.25) is 0 Å². The smallest absolute Gasteiger partial charge is 0.349 e. The van der Waals surface area contributed by atoms with E-state index in [1.54, 1.807) is 20.8 Å². The van der Waals surface area contributed by atoms with E-state index in [0.717, 1.165) is 5.56 Å². The van der Waals surface area contributed by atoms with Gasteiger partial charge in [0.2, 0.25) is 0 Å². The van der Waals surface area contributed by atoms with Gasteiger partial charge in [-0.1, -0.05) is 30.3 Å². The molecule has 0 saturated heterocycles. The van der Waals surface area contributed by atoms with E-state index in [-0.39, 0.29) is 5.57 Å². The molecule has 1 aromatic rings. The second-order valence-corrected chi connectivity index (χ2v) is 4.58. The fourth-order valence-corrected chi connectivity index (χ4v) is 1.19. The van der Waals surface area contributed by atoms with E-state index in [9.17, 15) is 4.79 Å². The minimum Gasteiger partial charge on any atom is -0.456 e. The summed E-state index contributed by atoms with van der Waals surface area (Å²) in [5.74, 6) is -0.594. The average Bonchev–Trinajstić information content (AvgIpc) is 2.24. The van der Waals surface area contributed by atoms with Gasteiger partial charge >= 0.3 is 5.97 Å². The highest BCUT2D eigenvalue weighted by molar-refractivity contribution is 5.98. The van der Waals surface area contributed by atoms with Crippen molar-refractivity contribution in [2.24, 2.45) is 0 Å². The van der Waals surface area contributed by atoms with Crippen LogP contribution in [-0.2, 0) is 9.53 Å². The fraction of sp³-hybridized carbons (Fsp3) is 0.286. The number of hydrogen-bond donors (Lipinski definition) is 0. The number of carbonyl (C=O) groups is 1. The number of nitrogens with zero attached hydrogens (tertiary/aromatic N) is 1. The van der Waals surface area contributed by atoms with Gasteiger partial charge in [0.1, 0.15) is 17.2 Å². The van der Waals surface area contributed by atoms with E-state index in [1.807, 2.05) is 36.4 Å². The molecule has 0 aliphatic heterocycles. The first-order valence-electron chi connectivity index (χ1n) is 5.32. The van der Waals surface area contributed by atoms with Crippen LogP contribution in [0.15, 0.2) is 35.9 Å². The van der Waals surface area contributed by atoms with E-state index < -0.39 is 11.6 Å². The van der Waals surface area contributed by atoms with Crippen molar-refractivity contribution in [1.29, 1.82) is 5.26 Å². The van der Waals surface area contributed by atoms with Crippen molar-refractivity contribution in [2.45, 2.75) is 26.4 Å². The lowest BCUT2D eigenvalue weighted by Crippen LogP contribution is -2.24. The Morgan fingerprint density at radius 2 is 1.88 bits per heavy atom. The Bertz CT molecular complexity index is 461.